The second kappa shape index (κ2) is 4.56. The third-order valence-electron chi connectivity index (χ3n) is 4.93. The molecular formula is C16H21BrO. The number of hydrogen-bond acceptors (Lipinski definition) is 1. The molecule has 1 nitrogen and oxygen atoms in total. The molecule has 0 unspecified atom stereocenters. The van der Waals surface area contributed by atoms with Crippen LogP contribution in [-0.4, -0.2) is 10.9 Å². The van der Waals surface area contributed by atoms with Gasteiger partial charge in [-0.05, 0) is 68.6 Å². The van der Waals surface area contributed by atoms with Gasteiger partial charge in [-0.2, -0.15) is 0 Å². The maximum atomic E-state index is 5.53. The van der Waals surface area contributed by atoms with Crippen molar-refractivity contribution < 1.29 is 4.74 Å². The molecule has 2 heteroatoms. The van der Waals surface area contributed by atoms with Gasteiger partial charge in [0.1, 0.15) is 5.75 Å². The van der Waals surface area contributed by atoms with E-state index in [9.17, 15) is 0 Å². The Bertz CT molecular complexity index is 399. The summed E-state index contributed by atoms with van der Waals surface area (Å²) in [6.45, 7) is 2.78. The van der Waals surface area contributed by atoms with E-state index in [1.807, 2.05) is 6.92 Å². The van der Waals surface area contributed by atoms with E-state index in [0.717, 1.165) is 12.4 Å². The third-order valence-corrected chi connectivity index (χ3v) is 6.12. The highest BCUT2D eigenvalue weighted by atomic mass is 79.9. The summed E-state index contributed by atoms with van der Waals surface area (Å²) < 4.78 is 6.01. The molecule has 0 amide bonds. The van der Waals surface area contributed by atoms with Crippen LogP contribution in [0.4, 0.5) is 0 Å². The van der Waals surface area contributed by atoms with Crippen LogP contribution in [-0.2, 0) is 5.41 Å². The highest BCUT2D eigenvalue weighted by molar-refractivity contribution is 9.10. The monoisotopic (exact) mass is 308 g/mol. The maximum Gasteiger partial charge on any atom is 0.119 e. The quantitative estimate of drug-likeness (QED) is 0.727. The van der Waals surface area contributed by atoms with Crippen molar-refractivity contribution in [3.63, 3.8) is 0 Å². The van der Waals surface area contributed by atoms with Crippen LogP contribution in [0.2, 0.25) is 0 Å². The largest absolute Gasteiger partial charge is 0.494 e. The lowest BCUT2D eigenvalue weighted by Crippen LogP contribution is -2.44. The van der Waals surface area contributed by atoms with Gasteiger partial charge in [-0.15, -0.1) is 0 Å². The lowest BCUT2D eigenvalue weighted by atomic mass is 9.58. The molecule has 0 radical (unpaired) electrons. The first-order chi connectivity index (χ1) is 8.66. The van der Waals surface area contributed by atoms with E-state index in [1.165, 1.54) is 44.1 Å². The first kappa shape index (κ1) is 12.5. The number of fused-ring (bicyclic) bond motifs is 3. The Hall–Kier alpha value is -0.500. The van der Waals surface area contributed by atoms with Crippen LogP contribution in [0.3, 0.4) is 0 Å². The number of halogens is 1. The van der Waals surface area contributed by atoms with Crippen LogP contribution >= 0.6 is 15.9 Å². The summed E-state index contributed by atoms with van der Waals surface area (Å²) in [6.07, 6.45) is 8.02. The Labute approximate surface area is 118 Å². The molecule has 0 aromatic heterocycles. The summed E-state index contributed by atoms with van der Waals surface area (Å²) in [5.41, 5.74) is 1.99. The van der Waals surface area contributed by atoms with Crippen LogP contribution in [0.1, 0.15) is 51.0 Å². The summed E-state index contributed by atoms with van der Waals surface area (Å²) in [6, 6.07) is 8.85. The number of ether oxygens (including phenoxy) is 1. The Morgan fingerprint density at radius 1 is 1.00 bits per heavy atom. The number of hydrogen-bond donors (Lipinski definition) is 0. The molecule has 0 saturated heterocycles. The average molecular weight is 309 g/mol. The number of rotatable bonds is 3. The highest BCUT2D eigenvalue weighted by Gasteiger charge is 2.47. The predicted octanol–water partition coefficient (Wildman–Crippen LogP) is 4.82. The van der Waals surface area contributed by atoms with Crippen LogP contribution in [0.5, 0.6) is 5.75 Å². The Morgan fingerprint density at radius 3 is 2.06 bits per heavy atom. The van der Waals surface area contributed by atoms with Crippen molar-refractivity contribution in [2.75, 3.05) is 6.61 Å². The lowest BCUT2D eigenvalue weighted by Gasteiger charge is -2.51. The van der Waals surface area contributed by atoms with Gasteiger partial charge < -0.3 is 4.74 Å². The zero-order chi connectivity index (χ0) is 12.6. The van der Waals surface area contributed by atoms with Crippen LogP contribution in [0, 0.1) is 0 Å². The molecule has 3 saturated carbocycles. The topological polar surface area (TPSA) is 9.23 Å². The van der Waals surface area contributed by atoms with Crippen molar-refractivity contribution in [1.29, 1.82) is 0 Å². The minimum atomic E-state index is 0.459. The standard InChI is InChI=1S/C16H21BrO/c1-2-18-14-5-3-13(4-6-14)15-7-10-16(17,11-8-15)12-9-15/h3-6H,2,7-12H2,1H3. The molecule has 4 rings (SSSR count). The average Bonchev–Trinajstić information content (AvgIpc) is 2.41. The SMILES string of the molecule is CCOc1ccc(C23CCC(Br)(CC2)CC3)cc1. The van der Waals surface area contributed by atoms with Crippen LogP contribution in [0.15, 0.2) is 24.3 Å². The lowest BCUT2D eigenvalue weighted by molar-refractivity contribution is 0.162. The second-order valence-electron chi connectivity index (χ2n) is 5.89. The molecule has 0 spiro atoms. The number of alkyl halides is 1. The first-order valence-corrected chi connectivity index (χ1v) is 7.87. The zero-order valence-corrected chi connectivity index (χ0v) is 12.6. The van der Waals surface area contributed by atoms with E-state index >= 15 is 0 Å². The molecule has 1 aromatic carbocycles. The van der Waals surface area contributed by atoms with Crippen molar-refractivity contribution >= 4 is 15.9 Å². The fourth-order valence-electron chi connectivity index (χ4n) is 3.64. The molecule has 0 atom stereocenters. The molecule has 2 bridgehead atoms. The predicted molar refractivity (Wildman–Crippen MR) is 78.6 cm³/mol. The molecule has 3 aliphatic rings. The molecule has 3 aliphatic carbocycles. The fourth-order valence-corrected chi connectivity index (χ4v) is 4.24. The molecule has 0 N–H and O–H groups in total. The summed E-state index contributed by atoms with van der Waals surface area (Å²) >= 11 is 3.94. The van der Waals surface area contributed by atoms with Crippen molar-refractivity contribution in [3.8, 4) is 5.75 Å². The second-order valence-corrected chi connectivity index (χ2v) is 7.57. The highest BCUT2D eigenvalue weighted by Crippen LogP contribution is 2.56. The van der Waals surface area contributed by atoms with Gasteiger partial charge in [-0.1, -0.05) is 28.1 Å². The van der Waals surface area contributed by atoms with Crippen molar-refractivity contribution in [1.82, 2.24) is 0 Å². The Kier molecular flexibility index (Phi) is 3.17. The van der Waals surface area contributed by atoms with E-state index in [4.69, 9.17) is 4.74 Å². The van der Waals surface area contributed by atoms with E-state index in [1.54, 1.807) is 0 Å². The van der Waals surface area contributed by atoms with Gasteiger partial charge >= 0.3 is 0 Å². The third kappa shape index (κ3) is 2.09. The maximum absolute atomic E-state index is 5.53. The number of benzene rings is 1. The minimum absolute atomic E-state index is 0.459. The van der Waals surface area contributed by atoms with E-state index < -0.39 is 0 Å². The zero-order valence-electron chi connectivity index (χ0n) is 11.0. The van der Waals surface area contributed by atoms with Gasteiger partial charge in [-0.25, -0.2) is 0 Å². The minimum Gasteiger partial charge on any atom is -0.494 e. The van der Waals surface area contributed by atoms with Crippen molar-refractivity contribution in [2.24, 2.45) is 0 Å². The summed E-state index contributed by atoms with van der Waals surface area (Å²) in [5, 5.41) is 0. The van der Waals surface area contributed by atoms with Gasteiger partial charge in [-0.3, -0.25) is 0 Å². The van der Waals surface area contributed by atoms with Crippen LogP contribution in [0.25, 0.3) is 0 Å². The Morgan fingerprint density at radius 2 is 1.56 bits per heavy atom. The van der Waals surface area contributed by atoms with Gasteiger partial charge in [0, 0.05) is 4.32 Å². The van der Waals surface area contributed by atoms with E-state index in [0.29, 0.717) is 9.74 Å². The van der Waals surface area contributed by atoms with Gasteiger partial charge in [0.25, 0.3) is 0 Å². The Balaban J connectivity index is 1.82. The van der Waals surface area contributed by atoms with E-state index in [2.05, 4.69) is 40.2 Å². The van der Waals surface area contributed by atoms with Crippen LogP contribution < -0.4 is 4.74 Å². The van der Waals surface area contributed by atoms with E-state index in [-0.39, 0.29) is 0 Å². The molecule has 1 aromatic rings. The normalized spacial score (nSPS) is 34.6. The summed E-state index contributed by atoms with van der Waals surface area (Å²) in [4.78, 5) is 0. The molecule has 18 heavy (non-hydrogen) atoms. The van der Waals surface area contributed by atoms with Gasteiger partial charge in [0.05, 0.1) is 6.61 Å². The molecule has 0 aliphatic heterocycles. The summed E-state index contributed by atoms with van der Waals surface area (Å²) in [7, 11) is 0. The first-order valence-electron chi connectivity index (χ1n) is 7.08. The molecule has 3 fully saturated rings. The van der Waals surface area contributed by atoms with Crippen molar-refractivity contribution in [2.45, 2.75) is 55.2 Å². The molecule has 98 valence electrons. The fraction of sp³-hybridized carbons (Fsp3) is 0.625. The van der Waals surface area contributed by atoms with Gasteiger partial charge in [0.2, 0.25) is 0 Å². The smallest absolute Gasteiger partial charge is 0.119 e. The van der Waals surface area contributed by atoms with Gasteiger partial charge in [0.15, 0.2) is 0 Å². The van der Waals surface area contributed by atoms with Crippen molar-refractivity contribution in [3.05, 3.63) is 29.8 Å². The molecular weight excluding hydrogens is 288 g/mol. The summed E-state index contributed by atoms with van der Waals surface area (Å²) in [5.74, 6) is 0.999. The molecule has 0 heterocycles.